The number of carboxylic acids is 1. The van der Waals surface area contributed by atoms with Crippen LogP contribution in [0.2, 0.25) is 0 Å². The molecule has 4 nitrogen and oxygen atoms in total. The summed E-state index contributed by atoms with van der Waals surface area (Å²) in [6.07, 6.45) is 4.64. The van der Waals surface area contributed by atoms with Crippen LogP contribution in [-0.2, 0) is 9.59 Å². The predicted octanol–water partition coefficient (Wildman–Crippen LogP) is 1.55. The van der Waals surface area contributed by atoms with Gasteiger partial charge in [-0.2, -0.15) is 0 Å². The van der Waals surface area contributed by atoms with E-state index in [4.69, 9.17) is 5.11 Å². The summed E-state index contributed by atoms with van der Waals surface area (Å²) in [7, 11) is 0. The van der Waals surface area contributed by atoms with Gasteiger partial charge in [-0.1, -0.05) is 32.6 Å². The van der Waals surface area contributed by atoms with Gasteiger partial charge in [-0.15, -0.1) is 0 Å². The Morgan fingerprint density at radius 1 is 1.29 bits per heavy atom. The van der Waals surface area contributed by atoms with E-state index in [1.165, 1.54) is 6.92 Å². The van der Waals surface area contributed by atoms with Crippen molar-refractivity contribution in [1.29, 1.82) is 0 Å². The molecule has 0 bridgehead atoms. The van der Waals surface area contributed by atoms with Gasteiger partial charge in [0, 0.05) is 6.92 Å². The molecule has 0 aliphatic rings. The fourth-order valence-electron chi connectivity index (χ4n) is 1.28. The molecule has 0 saturated heterocycles. The molecule has 1 unspecified atom stereocenters. The molecule has 1 amide bonds. The third-order valence-corrected chi connectivity index (χ3v) is 2.02. The summed E-state index contributed by atoms with van der Waals surface area (Å²) in [4.78, 5) is 21.4. The third kappa shape index (κ3) is 6.46. The van der Waals surface area contributed by atoms with Crippen molar-refractivity contribution in [3.05, 3.63) is 0 Å². The Labute approximate surface area is 84.7 Å². The highest BCUT2D eigenvalue weighted by atomic mass is 16.4. The first-order chi connectivity index (χ1) is 6.57. The predicted molar refractivity (Wildman–Crippen MR) is 54.0 cm³/mol. The molecule has 0 aromatic carbocycles. The lowest BCUT2D eigenvalue weighted by molar-refractivity contribution is -0.141. The van der Waals surface area contributed by atoms with Crippen molar-refractivity contribution in [2.75, 3.05) is 0 Å². The first-order valence-electron chi connectivity index (χ1n) is 5.07. The number of carbonyl (C=O) groups excluding carboxylic acids is 1. The second kappa shape index (κ2) is 7.35. The van der Waals surface area contributed by atoms with E-state index in [1.54, 1.807) is 0 Å². The zero-order valence-corrected chi connectivity index (χ0v) is 8.88. The molecule has 0 fully saturated rings. The minimum absolute atomic E-state index is 0.284. The standard InChI is InChI=1S/C10H19NO3/c1-3-4-5-6-7-9(10(13)14)11-8(2)12/h9H,3-7H2,1-2H3,(H,11,12)(H,13,14). The topological polar surface area (TPSA) is 66.4 Å². The fourth-order valence-corrected chi connectivity index (χ4v) is 1.28. The summed E-state index contributed by atoms with van der Waals surface area (Å²) < 4.78 is 0. The van der Waals surface area contributed by atoms with Gasteiger partial charge < -0.3 is 10.4 Å². The first kappa shape index (κ1) is 12.9. The van der Waals surface area contributed by atoms with Crippen molar-refractivity contribution < 1.29 is 14.7 Å². The van der Waals surface area contributed by atoms with E-state index in [-0.39, 0.29) is 5.91 Å². The summed E-state index contributed by atoms with van der Waals surface area (Å²) in [5.41, 5.74) is 0. The van der Waals surface area contributed by atoms with Crippen molar-refractivity contribution in [3.63, 3.8) is 0 Å². The zero-order chi connectivity index (χ0) is 11.0. The number of hydrogen-bond donors (Lipinski definition) is 2. The maximum atomic E-state index is 10.7. The van der Waals surface area contributed by atoms with Crippen LogP contribution in [0.25, 0.3) is 0 Å². The molecule has 0 aromatic rings. The highest BCUT2D eigenvalue weighted by Gasteiger charge is 2.16. The van der Waals surface area contributed by atoms with Crippen molar-refractivity contribution in [2.24, 2.45) is 0 Å². The molecule has 1 atom stereocenters. The van der Waals surface area contributed by atoms with Gasteiger partial charge in [-0.25, -0.2) is 4.79 Å². The molecule has 82 valence electrons. The Kier molecular flexibility index (Phi) is 6.80. The Bertz CT molecular complexity index is 192. The number of carboxylic acid groups (broad SMARTS) is 1. The van der Waals surface area contributed by atoms with Crippen LogP contribution >= 0.6 is 0 Å². The van der Waals surface area contributed by atoms with Gasteiger partial charge in [-0.05, 0) is 6.42 Å². The van der Waals surface area contributed by atoms with Crippen molar-refractivity contribution in [2.45, 2.75) is 52.0 Å². The second-order valence-corrected chi connectivity index (χ2v) is 3.44. The number of amides is 1. The van der Waals surface area contributed by atoms with Gasteiger partial charge in [0.25, 0.3) is 0 Å². The van der Waals surface area contributed by atoms with Crippen LogP contribution in [0.4, 0.5) is 0 Å². The van der Waals surface area contributed by atoms with E-state index in [1.807, 2.05) is 0 Å². The molecule has 0 aliphatic carbocycles. The molecule has 4 heteroatoms. The maximum Gasteiger partial charge on any atom is 0.326 e. The van der Waals surface area contributed by atoms with Crippen molar-refractivity contribution in [3.8, 4) is 0 Å². The van der Waals surface area contributed by atoms with Crippen molar-refractivity contribution in [1.82, 2.24) is 5.32 Å². The molecule has 0 saturated carbocycles. The molecular weight excluding hydrogens is 182 g/mol. The number of hydrogen-bond acceptors (Lipinski definition) is 2. The van der Waals surface area contributed by atoms with E-state index in [0.29, 0.717) is 6.42 Å². The van der Waals surface area contributed by atoms with E-state index < -0.39 is 12.0 Å². The smallest absolute Gasteiger partial charge is 0.326 e. The molecule has 0 aliphatic heterocycles. The summed E-state index contributed by atoms with van der Waals surface area (Å²) in [5.74, 6) is -1.23. The van der Waals surface area contributed by atoms with Crippen LogP contribution in [0, 0.1) is 0 Å². The van der Waals surface area contributed by atoms with Crippen LogP contribution in [-0.4, -0.2) is 23.0 Å². The number of nitrogens with one attached hydrogen (secondary N) is 1. The molecule has 0 heterocycles. The van der Waals surface area contributed by atoms with E-state index in [0.717, 1.165) is 25.7 Å². The Balaban J connectivity index is 3.74. The Morgan fingerprint density at radius 2 is 1.93 bits per heavy atom. The van der Waals surface area contributed by atoms with Gasteiger partial charge in [0.05, 0.1) is 0 Å². The average molecular weight is 201 g/mol. The number of rotatable bonds is 7. The molecular formula is C10H19NO3. The molecule has 0 spiro atoms. The lowest BCUT2D eigenvalue weighted by Crippen LogP contribution is -2.39. The minimum Gasteiger partial charge on any atom is -0.480 e. The Hall–Kier alpha value is -1.06. The number of carbonyl (C=O) groups is 2. The molecule has 0 aromatic heterocycles. The van der Waals surface area contributed by atoms with Gasteiger partial charge >= 0.3 is 5.97 Å². The average Bonchev–Trinajstić information content (AvgIpc) is 2.09. The van der Waals surface area contributed by atoms with Crippen LogP contribution < -0.4 is 5.32 Å². The third-order valence-electron chi connectivity index (χ3n) is 2.02. The van der Waals surface area contributed by atoms with Crippen molar-refractivity contribution >= 4 is 11.9 Å². The monoisotopic (exact) mass is 201 g/mol. The highest BCUT2D eigenvalue weighted by Crippen LogP contribution is 2.05. The first-order valence-corrected chi connectivity index (χ1v) is 5.07. The van der Waals surface area contributed by atoms with Gasteiger partial charge in [0.2, 0.25) is 5.91 Å². The van der Waals surface area contributed by atoms with E-state index >= 15 is 0 Å². The van der Waals surface area contributed by atoms with E-state index in [2.05, 4.69) is 12.2 Å². The summed E-state index contributed by atoms with van der Waals surface area (Å²) in [5, 5.41) is 11.2. The highest BCUT2D eigenvalue weighted by molar-refractivity contribution is 5.81. The largest absolute Gasteiger partial charge is 0.480 e. The second-order valence-electron chi connectivity index (χ2n) is 3.44. The lowest BCUT2D eigenvalue weighted by Gasteiger charge is -2.12. The number of aliphatic carboxylic acids is 1. The van der Waals surface area contributed by atoms with Crippen LogP contribution in [0.15, 0.2) is 0 Å². The lowest BCUT2D eigenvalue weighted by atomic mass is 10.1. The minimum atomic E-state index is -0.948. The van der Waals surface area contributed by atoms with Crippen LogP contribution in [0.1, 0.15) is 46.0 Å². The van der Waals surface area contributed by atoms with Gasteiger partial charge in [0.1, 0.15) is 6.04 Å². The van der Waals surface area contributed by atoms with E-state index in [9.17, 15) is 9.59 Å². The number of unbranched alkanes of at least 4 members (excludes halogenated alkanes) is 3. The maximum absolute atomic E-state index is 10.7. The summed E-state index contributed by atoms with van der Waals surface area (Å²) in [6.45, 7) is 3.44. The molecule has 0 rings (SSSR count). The Morgan fingerprint density at radius 3 is 2.36 bits per heavy atom. The van der Waals surface area contributed by atoms with Gasteiger partial charge in [-0.3, -0.25) is 4.79 Å². The molecule has 2 N–H and O–H groups in total. The molecule has 0 radical (unpaired) electrons. The fraction of sp³-hybridized carbons (Fsp3) is 0.800. The summed E-state index contributed by atoms with van der Waals surface area (Å²) >= 11 is 0. The normalized spacial score (nSPS) is 12.1. The quantitative estimate of drug-likeness (QED) is 0.614. The molecule has 14 heavy (non-hydrogen) atoms. The summed E-state index contributed by atoms with van der Waals surface area (Å²) in [6, 6.07) is -0.718. The van der Waals surface area contributed by atoms with Crippen LogP contribution in [0.3, 0.4) is 0 Å². The van der Waals surface area contributed by atoms with Gasteiger partial charge in [0.15, 0.2) is 0 Å². The zero-order valence-electron chi connectivity index (χ0n) is 8.88. The van der Waals surface area contributed by atoms with Crippen LogP contribution in [0.5, 0.6) is 0 Å². The SMILES string of the molecule is CCCCCCC(NC(C)=O)C(=O)O.